The Morgan fingerprint density at radius 2 is 1.72 bits per heavy atom. The third kappa shape index (κ3) is 4.97. The molecule has 1 amide bonds. The van der Waals surface area contributed by atoms with Crippen LogP contribution in [0.3, 0.4) is 0 Å². The molecule has 1 aromatic heterocycles. The molecule has 0 fully saturated rings. The van der Waals surface area contributed by atoms with E-state index in [1.807, 2.05) is 13.8 Å². The van der Waals surface area contributed by atoms with E-state index in [9.17, 15) is 13.6 Å². The van der Waals surface area contributed by atoms with E-state index >= 15 is 0 Å². The number of fused-ring (bicyclic) bond motifs is 1. The number of halogens is 2. The molecule has 0 spiro atoms. The molecule has 0 aliphatic carbocycles. The maximum atomic E-state index is 13.6. The van der Waals surface area contributed by atoms with E-state index in [2.05, 4.69) is 10.1 Å². The summed E-state index contributed by atoms with van der Waals surface area (Å²) in [5.41, 5.74) is 1.54. The summed E-state index contributed by atoms with van der Waals surface area (Å²) in [7, 11) is 0. The number of nitrogens with zero attached hydrogens (tertiary/aromatic N) is 3. The van der Waals surface area contributed by atoms with Crippen molar-refractivity contribution in [3.8, 4) is 5.75 Å². The lowest BCUT2D eigenvalue weighted by molar-refractivity contribution is 0.0988. The molecule has 8 heteroatoms. The second-order valence-corrected chi connectivity index (χ2v) is 8.22. The van der Waals surface area contributed by atoms with Crippen LogP contribution in [-0.4, -0.2) is 23.2 Å². The summed E-state index contributed by atoms with van der Waals surface area (Å²) in [5.74, 6) is -0.527. The lowest BCUT2D eigenvalue weighted by atomic mass is 10.2. The summed E-state index contributed by atoms with van der Waals surface area (Å²) in [6.07, 6.45) is 1.46. The van der Waals surface area contributed by atoms with Gasteiger partial charge in [-0.1, -0.05) is 23.5 Å². The monoisotopic (exact) mass is 451 g/mol. The zero-order chi connectivity index (χ0) is 22.7. The van der Waals surface area contributed by atoms with E-state index in [4.69, 9.17) is 4.74 Å². The fraction of sp³-hybridized carbons (Fsp3) is 0.125. The molecular formula is C24H19F2N3O2S. The minimum atomic E-state index is -0.418. The van der Waals surface area contributed by atoms with Crippen LogP contribution in [0.2, 0.25) is 0 Å². The average molecular weight is 451 g/mol. The van der Waals surface area contributed by atoms with Crippen molar-refractivity contribution in [2.75, 3.05) is 5.01 Å². The van der Waals surface area contributed by atoms with E-state index in [1.165, 1.54) is 30.5 Å². The average Bonchev–Trinajstić information content (AvgIpc) is 3.18. The molecule has 0 bridgehead atoms. The Labute approximate surface area is 187 Å². The van der Waals surface area contributed by atoms with Gasteiger partial charge in [-0.2, -0.15) is 10.1 Å². The molecule has 5 nitrogen and oxygen atoms in total. The molecule has 0 saturated heterocycles. The van der Waals surface area contributed by atoms with Gasteiger partial charge in [0.2, 0.25) is 5.13 Å². The summed E-state index contributed by atoms with van der Waals surface area (Å²) in [4.78, 5) is 17.7. The molecule has 0 atom stereocenters. The third-order valence-electron chi connectivity index (χ3n) is 4.38. The molecule has 162 valence electrons. The number of rotatable bonds is 6. The van der Waals surface area contributed by atoms with Crippen LogP contribution in [0.4, 0.5) is 13.9 Å². The van der Waals surface area contributed by atoms with Crippen LogP contribution in [0.25, 0.3) is 10.2 Å². The van der Waals surface area contributed by atoms with Crippen molar-refractivity contribution in [3.63, 3.8) is 0 Å². The van der Waals surface area contributed by atoms with Gasteiger partial charge in [-0.25, -0.2) is 13.8 Å². The van der Waals surface area contributed by atoms with Gasteiger partial charge >= 0.3 is 0 Å². The van der Waals surface area contributed by atoms with Gasteiger partial charge in [0.1, 0.15) is 17.4 Å². The topological polar surface area (TPSA) is 54.8 Å². The number of amides is 1. The van der Waals surface area contributed by atoms with Crippen LogP contribution < -0.4 is 9.75 Å². The fourth-order valence-corrected chi connectivity index (χ4v) is 3.86. The van der Waals surface area contributed by atoms with Crippen molar-refractivity contribution in [2.45, 2.75) is 20.0 Å². The highest BCUT2D eigenvalue weighted by atomic mass is 32.1. The number of hydrogen-bond donors (Lipinski definition) is 0. The molecule has 32 heavy (non-hydrogen) atoms. The van der Waals surface area contributed by atoms with Crippen LogP contribution in [0.1, 0.15) is 29.8 Å². The first-order valence-corrected chi connectivity index (χ1v) is 10.7. The molecule has 3 aromatic carbocycles. The molecule has 0 saturated carbocycles. The Kier molecular flexibility index (Phi) is 6.23. The SMILES string of the molecule is CC(C)Oc1ccc(C(=O)N(/N=C/c2ccc(F)cc2)c2nc3ccc(F)cc3s2)cc1. The standard InChI is InChI=1S/C24H19F2N3O2S/c1-15(2)31-20-10-5-17(6-11-20)23(30)29(27-14-16-3-7-18(25)8-4-16)24-28-21-12-9-19(26)13-22(21)32-24/h3-15H,1-2H3/b27-14+. The first kappa shape index (κ1) is 21.6. The van der Waals surface area contributed by atoms with Crippen LogP contribution in [0, 0.1) is 11.6 Å². The summed E-state index contributed by atoms with van der Waals surface area (Å²) in [5, 5.41) is 5.76. The first-order valence-electron chi connectivity index (χ1n) is 9.86. The van der Waals surface area contributed by atoms with Crippen LogP contribution >= 0.6 is 11.3 Å². The highest BCUT2D eigenvalue weighted by Gasteiger charge is 2.21. The molecule has 0 aliphatic heterocycles. The largest absolute Gasteiger partial charge is 0.491 e. The number of thiazole rings is 1. The van der Waals surface area contributed by atoms with Crippen molar-refractivity contribution in [3.05, 3.63) is 89.5 Å². The summed E-state index contributed by atoms with van der Waals surface area (Å²) in [6, 6.07) is 16.7. The Hall–Kier alpha value is -3.65. The Balaban J connectivity index is 1.70. The fourth-order valence-electron chi connectivity index (χ4n) is 2.91. The predicted molar refractivity (Wildman–Crippen MR) is 123 cm³/mol. The molecular weight excluding hydrogens is 432 g/mol. The quantitative estimate of drug-likeness (QED) is 0.265. The number of aromatic nitrogens is 1. The van der Waals surface area contributed by atoms with Gasteiger partial charge in [-0.05, 0) is 74.0 Å². The van der Waals surface area contributed by atoms with Crippen LogP contribution in [0.15, 0.2) is 71.8 Å². The Morgan fingerprint density at radius 1 is 1.03 bits per heavy atom. The molecule has 0 unspecified atom stereocenters. The lowest BCUT2D eigenvalue weighted by Crippen LogP contribution is -2.25. The van der Waals surface area contributed by atoms with Crippen molar-refractivity contribution in [1.29, 1.82) is 0 Å². The van der Waals surface area contributed by atoms with Crippen molar-refractivity contribution in [2.24, 2.45) is 5.10 Å². The highest BCUT2D eigenvalue weighted by Crippen LogP contribution is 2.31. The minimum absolute atomic E-state index is 0.0107. The number of hydrazone groups is 1. The zero-order valence-corrected chi connectivity index (χ0v) is 18.1. The van der Waals surface area contributed by atoms with Gasteiger partial charge in [0, 0.05) is 5.56 Å². The van der Waals surface area contributed by atoms with Gasteiger partial charge in [-0.15, -0.1) is 0 Å². The molecule has 0 N–H and O–H groups in total. The minimum Gasteiger partial charge on any atom is -0.491 e. The smallest absolute Gasteiger partial charge is 0.280 e. The Morgan fingerprint density at radius 3 is 2.41 bits per heavy atom. The van der Waals surface area contributed by atoms with Crippen molar-refractivity contribution >= 4 is 38.8 Å². The molecule has 0 aliphatic rings. The number of hydrogen-bond acceptors (Lipinski definition) is 5. The van der Waals surface area contributed by atoms with Crippen LogP contribution in [0.5, 0.6) is 5.75 Å². The van der Waals surface area contributed by atoms with Gasteiger partial charge < -0.3 is 4.74 Å². The summed E-state index contributed by atoms with van der Waals surface area (Å²) < 4.78 is 33.1. The molecule has 4 rings (SSSR count). The third-order valence-corrected chi connectivity index (χ3v) is 5.37. The maximum Gasteiger partial charge on any atom is 0.280 e. The van der Waals surface area contributed by atoms with Crippen molar-refractivity contribution in [1.82, 2.24) is 4.98 Å². The number of carbonyl (C=O) groups excluding carboxylic acids is 1. The summed E-state index contributed by atoms with van der Waals surface area (Å²) >= 11 is 1.15. The van der Waals surface area contributed by atoms with E-state index in [-0.39, 0.29) is 22.9 Å². The normalized spacial score (nSPS) is 11.4. The zero-order valence-electron chi connectivity index (χ0n) is 17.3. The van der Waals surface area contributed by atoms with E-state index in [1.54, 1.807) is 42.5 Å². The maximum absolute atomic E-state index is 13.6. The number of benzene rings is 3. The Bertz CT molecular complexity index is 1270. The van der Waals surface area contributed by atoms with E-state index in [0.717, 1.165) is 16.3 Å². The molecule has 0 radical (unpaired) electrons. The predicted octanol–water partition coefficient (Wildman–Crippen LogP) is 6.04. The van der Waals surface area contributed by atoms with Gasteiger partial charge in [0.05, 0.1) is 22.5 Å². The van der Waals surface area contributed by atoms with Gasteiger partial charge in [-0.3, -0.25) is 4.79 Å². The van der Waals surface area contributed by atoms with Crippen LogP contribution in [-0.2, 0) is 0 Å². The first-order chi connectivity index (χ1) is 15.4. The lowest BCUT2D eigenvalue weighted by Gasteiger charge is -2.15. The van der Waals surface area contributed by atoms with E-state index in [0.29, 0.717) is 27.1 Å². The number of anilines is 1. The molecule has 4 aromatic rings. The second kappa shape index (κ2) is 9.23. The van der Waals surface area contributed by atoms with Gasteiger partial charge in [0.15, 0.2) is 0 Å². The van der Waals surface area contributed by atoms with Crippen molar-refractivity contribution < 1.29 is 18.3 Å². The highest BCUT2D eigenvalue weighted by molar-refractivity contribution is 7.22. The van der Waals surface area contributed by atoms with Gasteiger partial charge in [0.25, 0.3) is 5.91 Å². The second-order valence-electron chi connectivity index (χ2n) is 7.21. The number of carbonyl (C=O) groups is 1. The number of ether oxygens (including phenoxy) is 1. The van der Waals surface area contributed by atoms with E-state index < -0.39 is 5.91 Å². The molecule has 1 heterocycles. The summed E-state index contributed by atoms with van der Waals surface area (Å²) in [6.45, 7) is 3.84.